The van der Waals surface area contributed by atoms with Crippen molar-refractivity contribution in [3.8, 4) is 21.6 Å². The van der Waals surface area contributed by atoms with Gasteiger partial charge < -0.3 is 9.53 Å². The van der Waals surface area contributed by atoms with Crippen LogP contribution >= 0.6 is 11.5 Å². The molecular formula is C32H32N2O3S. The van der Waals surface area contributed by atoms with Gasteiger partial charge in [0.05, 0.1) is 21.7 Å². The van der Waals surface area contributed by atoms with Crippen LogP contribution < -0.4 is 5.32 Å². The van der Waals surface area contributed by atoms with Crippen LogP contribution in [0.15, 0.2) is 78.9 Å². The number of ether oxygens (including phenoxy) is 1. The lowest BCUT2D eigenvalue weighted by molar-refractivity contribution is -0.113. The van der Waals surface area contributed by atoms with Crippen molar-refractivity contribution >= 4 is 29.6 Å². The molecule has 194 valence electrons. The lowest BCUT2D eigenvalue weighted by Gasteiger charge is -2.32. The van der Waals surface area contributed by atoms with Crippen molar-refractivity contribution in [2.24, 2.45) is 0 Å². The summed E-state index contributed by atoms with van der Waals surface area (Å²) in [5, 5.41) is 2.91. The number of hydrogen-bond donors (Lipinski definition) is 1. The molecule has 38 heavy (non-hydrogen) atoms. The zero-order valence-electron chi connectivity index (χ0n) is 21.8. The molecule has 3 aromatic carbocycles. The average Bonchev–Trinajstić information content (AvgIpc) is 3.33. The van der Waals surface area contributed by atoms with Crippen molar-refractivity contribution in [1.82, 2.24) is 4.37 Å². The second-order valence-electron chi connectivity index (χ2n) is 10.0. The van der Waals surface area contributed by atoms with Gasteiger partial charge in [0, 0.05) is 0 Å². The fourth-order valence-corrected chi connectivity index (χ4v) is 6.12. The maximum Gasteiger partial charge on any atom is 0.412 e. The normalized spacial score (nSPS) is 15.4. The molecule has 1 aliphatic carbocycles. The van der Waals surface area contributed by atoms with Crippen LogP contribution in [0.3, 0.4) is 0 Å². The van der Waals surface area contributed by atoms with Crippen LogP contribution in [0.5, 0.6) is 0 Å². The monoisotopic (exact) mass is 524 g/mol. The molecule has 1 aliphatic rings. The zero-order valence-corrected chi connectivity index (χ0v) is 22.6. The van der Waals surface area contributed by atoms with E-state index in [0.717, 1.165) is 70.4 Å². The lowest BCUT2D eigenvalue weighted by atomic mass is 9.70. The van der Waals surface area contributed by atoms with Gasteiger partial charge in [-0.05, 0) is 66.0 Å². The average molecular weight is 525 g/mol. The van der Waals surface area contributed by atoms with Crippen LogP contribution in [0.4, 0.5) is 10.5 Å². The van der Waals surface area contributed by atoms with E-state index in [1.807, 2.05) is 56.3 Å². The predicted octanol–water partition coefficient (Wildman–Crippen LogP) is 8.50. The Labute approximate surface area is 228 Å². The smallest absolute Gasteiger partial charge is 0.412 e. The Hall–Kier alpha value is -3.77. The third-order valence-electron chi connectivity index (χ3n) is 7.55. The third-order valence-corrected chi connectivity index (χ3v) is 8.54. The summed E-state index contributed by atoms with van der Waals surface area (Å²) in [5.74, 6) is 0. The van der Waals surface area contributed by atoms with Gasteiger partial charge in [-0.2, -0.15) is 4.37 Å². The molecule has 0 spiro atoms. The van der Waals surface area contributed by atoms with E-state index in [4.69, 9.17) is 4.74 Å². The highest BCUT2D eigenvalue weighted by Gasteiger charge is 2.33. The van der Waals surface area contributed by atoms with Gasteiger partial charge in [0.1, 0.15) is 12.4 Å². The van der Waals surface area contributed by atoms with Crippen LogP contribution in [0, 0.1) is 6.92 Å². The predicted molar refractivity (Wildman–Crippen MR) is 154 cm³/mol. The van der Waals surface area contributed by atoms with E-state index in [-0.39, 0.29) is 11.5 Å². The van der Waals surface area contributed by atoms with E-state index in [1.54, 1.807) is 0 Å². The Morgan fingerprint density at radius 3 is 2.16 bits per heavy atom. The summed E-state index contributed by atoms with van der Waals surface area (Å²) in [5.41, 5.74) is 6.33. The van der Waals surface area contributed by atoms with E-state index >= 15 is 0 Å². The molecule has 1 amide bonds. The van der Waals surface area contributed by atoms with Crippen LogP contribution in [-0.2, 0) is 14.9 Å². The molecule has 1 N–H and O–H groups in total. The Balaban J connectivity index is 1.30. The molecule has 1 saturated carbocycles. The summed E-state index contributed by atoms with van der Waals surface area (Å²) in [6.07, 6.45) is 5.60. The van der Waals surface area contributed by atoms with Gasteiger partial charge >= 0.3 is 6.09 Å². The minimum Gasteiger partial charge on any atom is -0.441 e. The number of nitrogens with one attached hydrogen (secondary N) is 1. The Kier molecular flexibility index (Phi) is 7.70. The number of amides is 1. The van der Waals surface area contributed by atoms with Gasteiger partial charge in [0.15, 0.2) is 0 Å². The van der Waals surface area contributed by atoms with Crippen LogP contribution in [0.2, 0.25) is 0 Å². The van der Waals surface area contributed by atoms with Crippen molar-refractivity contribution in [2.75, 3.05) is 5.32 Å². The highest BCUT2D eigenvalue weighted by molar-refractivity contribution is 7.10. The summed E-state index contributed by atoms with van der Waals surface area (Å²) in [7, 11) is 0. The topological polar surface area (TPSA) is 68.3 Å². The van der Waals surface area contributed by atoms with Crippen molar-refractivity contribution in [3.05, 3.63) is 95.7 Å². The number of anilines is 1. The van der Waals surface area contributed by atoms with E-state index in [0.29, 0.717) is 5.69 Å². The highest BCUT2D eigenvalue weighted by atomic mass is 32.1. The molecule has 0 aliphatic heterocycles. The van der Waals surface area contributed by atoms with E-state index < -0.39 is 6.09 Å². The summed E-state index contributed by atoms with van der Waals surface area (Å²) in [6.45, 7) is 3.73. The molecule has 5 rings (SSSR count). The molecule has 1 heterocycles. The van der Waals surface area contributed by atoms with Crippen molar-refractivity contribution < 1.29 is 14.3 Å². The fraction of sp³-hybridized carbons (Fsp3) is 0.281. The minimum atomic E-state index is -0.506. The molecule has 0 unspecified atom stereocenters. The van der Waals surface area contributed by atoms with E-state index in [1.165, 1.54) is 18.0 Å². The first-order chi connectivity index (χ1) is 18.5. The minimum absolute atomic E-state index is 0.325. The molecular weight excluding hydrogens is 492 g/mol. The summed E-state index contributed by atoms with van der Waals surface area (Å²) in [4.78, 5) is 25.5. The van der Waals surface area contributed by atoms with Crippen molar-refractivity contribution in [2.45, 2.75) is 57.5 Å². The summed E-state index contributed by atoms with van der Waals surface area (Å²) >= 11 is 1.35. The van der Waals surface area contributed by atoms with Gasteiger partial charge in [0.25, 0.3) is 0 Å². The maximum absolute atomic E-state index is 12.7. The maximum atomic E-state index is 12.7. The van der Waals surface area contributed by atoms with E-state index in [9.17, 15) is 9.59 Å². The number of rotatable bonds is 7. The SMILES string of the molecule is Cc1nsc(-c2ccc(-c3ccc(C4(C=O)CCCCC4)cc3)cc2)c1NC(=O)O[C@H](C)c1ccccc1. The number of aryl methyl sites for hydroxylation is 1. The fourth-order valence-electron chi connectivity index (χ4n) is 5.26. The van der Waals surface area contributed by atoms with E-state index in [2.05, 4.69) is 46.1 Å². The zero-order chi connectivity index (χ0) is 26.5. The lowest BCUT2D eigenvalue weighted by Crippen LogP contribution is -2.30. The molecule has 6 heteroatoms. The van der Waals surface area contributed by atoms with Crippen LogP contribution in [0.1, 0.15) is 62.0 Å². The number of nitrogens with zero attached hydrogens (tertiary/aromatic N) is 1. The number of carbonyl (C=O) groups excluding carboxylic acids is 2. The standard InChI is InChI=1S/C32H32N2O3S/c1-22-29(33-31(36)37-23(2)24-9-5-3-6-10-24)30(38-34-22)27-13-11-25(12-14-27)26-15-17-28(18-16-26)32(21-35)19-7-4-8-20-32/h3,5-6,9-18,21,23H,4,7-8,19-20H2,1-2H3,(H,33,36)/t23-/m1/s1. The van der Waals surface area contributed by atoms with Gasteiger partial charge in [-0.25, -0.2) is 4.79 Å². The summed E-state index contributed by atoms with van der Waals surface area (Å²) in [6, 6.07) is 26.4. The third kappa shape index (κ3) is 5.41. The summed E-state index contributed by atoms with van der Waals surface area (Å²) < 4.78 is 10.1. The first kappa shape index (κ1) is 25.9. The van der Waals surface area contributed by atoms with Crippen molar-refractivity contribution in [1.29, 1.82) is 0 Å². The number of aldehydes is 1. The number of hydrogen-bond acceptors (Lipinski definition) is 5. The highest BCUT2D eigenvalue weighted by Crippen LogP contribution is 2.39. The van der Waals surface area contributed by atoms with Crippen LogP contribution in [-0.4, -0.2) is 16.8 Å². The Morgan fingerprint density at radius 2 is 1.53 bits per heavy atom. The molecule has 1 fully saturated rings. The molecule has 1 aromatic heterocycles. The van der Waals surface area contributed by atoms with Gasteiger partial charge in [-0.1, -0.05) is 98.1 Å². The van der Waals surface area contributed by atoms with Gasteiger partial charge in [0.2, 0.25) is 0 Å². The molecule has 0 bridgehead atoms. The molecule has 0 radical (unpaired) electrons. The second-order valence-corrected chi connectivity index (χ2v) is 10.8. The number of benzene rings is 3. The molecule has 4 aromatic rings. The number of carbonyl (C=O) groups is 2. The van der Waals surface area contributed by atoms with Crippen LogP contribution in [0.25, 0.3) is 21.6 Å². The molecule has 0 saturated heterocycles. The quantitative estimate of drug-likeness (QED) is 0.246. The Bertz CT molecular complexity index is 1390. The Morgan fingerprint density at radius 1 is 0.921 bits per heavy atom. The second kappa shape index (κ2) is 11.3. The first-order valence-corrected chi connectivity index (χ1v) is 13.9. The molecule has 1 atom stereocenters. The van der Waals surface area contributed by atoms with Gasteiger partial charge in [-0.3, -0.25) is 5.32 Å². The molecule has 5 nitrogen and oxygen atoms in total. The number of aromatic nitrogens is 1. The largest absolute Gasteiger partial charge is 0.441 e. The van der Waals surface area contributed by atoms with Crippen molar-refractivity contribution in [3.63, 3.8) is 0 Å². The first-order valence-electron chi connectivity index (χ1n) is 13.2. The van der Waals surface area contributed by atoms with Gasteiger partial charge in [-0.15, -0.1) is 0 Å².